The molecule has 0 aliphatic rings. The largest absolute Gasteiger partial charge is 0.309 e. The zero-order chi connectivity index (χ0) is 71.9. The quantitative estimate of drug-likeness (QED) is 0.167. The standard InChI is InChI=1S/C57H35N5S/c1-5-17-36(18-6-1)41-26-15-27-43-42-25-13-14-28-46(42)62(53(41)43)48-29-16-30-50-51(48)44-32-34-49-52(54(44)63-50)45-35-39(31-33-47(45)61(49)40-23-11-4-12-24-40)57-59-55(37-19-7-2-8-20-37)58-56(60-57)38-21-9-3-10-22-38/h1-35H/i1D,2D,3D,4D,5D,6D,7D,8D,9D,10D,11D,12D,13D,14D,15D,16D,17D,18D,19D,20D,21D,22D,23D,24D,25D,26D,27D,28D,29D,30D,31D,32D,33D,34D,35D. The molecule has 0 saturated carbocycles. The van der Waals surface area contributed by atoms with Crippen LogP contribution in [-0.2, 0) is 0 Å². The van der Waals surface area contributed by atoms with Crippen LogP contribution in [0.4, 0.5) is 0 Å². The lowest BCUT2D eigenvalue weighted by Gasteiger charge is -2.13. The van der Waals surface area contributed by atoms with Crippen LogP contribution in [0.5, 0.6) is 0 Å². The lowest BCUT2D eigenvalue weighted by Crippen LogP contribution is -2.00. The Hall–Kier alpha value is -8.19. The van der Waals surface area contributed by atoms with Crippen molar-refractivity contribution in [3.63, 3.8) is 0 Å². The van der Waals surface area contributed by atoms with Gasteiger partial charge in [-0.2, -0.15) is 0 Å². The third kappa shape index (κ3) is 5.59. The van der Waals surface area contributed by atoms with Gasteiger partial charge in [-0.3, -0.25) is 0 Å². The average molecular weight is 857 g/mol. The van der Waals surface area contributed by atoms with Crippen molar-refractivity contribution in [2.75, 3.05) is 0 Å². The fourth-order valence-electron chi connectivity index (χ4n) is 7.44. The van der Waals surface area contributed by atoms with Crippen LogP contribution in [0, 0.1) is 0 Å². The number of para-hydroxylation sites is 3. The van der Waals surface area contributed by atoms with E-state index in [0.717, 1.165) is 9.13 Å². The van der Waals surface area contributed by atoms with E-state index in [1.54, 1.807) is 0 Å². The molecule has 13 rings (SSSR count). The third-order valence-corrected chi connectivity index (χ3v) is 11.1. The minimum atomic E-state index is -1.09. The highest BCUT2D eigenvalue weighted by Gasteiger charge is 2.23. The zero-order valence-electron chi connectivity index (χ0n) is 66.1. The molecule has 6 heteroatoms. The van der Waals surface area contributed by atoms with Gasteiger partial charge >= 0.3 is 0 Å². The van der Waals surface area contributed by atoms with Crippen LogP contribution in [-0.4, -0.2) is 24.1 Å². The maximum Gasteiger partial charge on any atom is 0.164 e. The van der Waals surface area contributed by atoms with E-state index < -0.39 is 327 Å². The molecule has 0 radical (unpaired) electrons. The average Bonchev–Trinajstić information content (AvgIpc) is 1.50. The van der Waals surface area contributed by atoms with E-state index >= 15 is 0 Å². The number of fused-ring (bicyclic) bond motifs is 10. The second-order valence-electron chi connectivity index (χ2n) is 13.3. The van der Waals surface area contributed by atoms with E-state index in [-0.39, 0.29) is 4.70 Å². The summed E-state index contributed by atoms with van der Waals surface area (Å²) in [7, 11) is 0. The van der Waals surface area contributed by atoms with Crippen LogP contribution in [0.2, 0.25) is 0 Å². The molecular weight excluding hydrogens is 787 g/mol. The van der Waals surface area contributed by atoms with Gasteiger partial charge in [-0.15, -0.1) is 11.3 Å². The highest BCUT2D eigenvalue weighted by molar-refractivity contribution is 7.27. The number of hydrogen-bond acceptors (Lipinski definition) is 4. The zero-order valence-corrected chi connectivity index (χ0v) is 32.0. The summed E-state index contributed by atoms with van der Waals surface area (Å²) in [5.41, 5.74) is -8.41. The molecule has 0 amide bonds. The fourth-order valence-corrected chi connectivity index (χ4v) is 8.61. The van der Waals surface area contributed by atoms with Gasteiger partial charge in [-0.25, -0.2) is 15.0 Å². The molecule has 0 atom stereocenters. The third-order valence-electron chi connectivity index (χ3n) is 9.97. The number of nitrogens with zero attached hydrogens (tertiary/aromatic N) is 5. The first-order chi connectivity index (χ1) is 45.8. The van der Waals surface area contributed by atoms with E-state index in [2.05, 4.69) is 15.0 Å². The molecule has 5 nitrogen and oxygen atoms in total. The molecule has 0 aliphatic carbocycles. The summed E-state index contributed by atoms with van der Waals surface area (Å²) in [6, 6.07) is -33.8. The van der Waals surface area contributed by atoms with Gasteiger partial charge in [0.1, 0.15) is 0 Å². The van der Waals surface area contributed by atoms with E-state index in [9.17, 15) is 19.2 Å². The number of aromatic nitrogens is 5. The predicted octanol–water partition coefficient (Wildman–Crippen LogP) is 15.1. The fraction of sp³-hybridized carbons (Fsp3) is 0. The summed E-state index contributed by atoms with van der Waals surface area (Å²) in [4.78, 5) is 13.1. The molecule has 0 saturated heterocycles. The summed E-state index contributed by atoms with van der Waals surface area (Å²) in [5, 5.41) is -3.48. The normalized spacial score (nSPS) is 19.6. The van der Waals surface area contributed by atoms with Gasteiger partial charge in [0.25, 0.3) is 0 Å². The SMILES string of the molecule is [2H]c1c([2H])c([2H])c(-c2nc(-c3c([2H])c([2H])c([2H])c([2H])c3[2H])nc(-c3c([2H])c([2H])c4c(c3[2H])c3c5sc6c([2H])c([2H])c([2H])c(-n7c8c([2H])c([2H])c([2H])c([2H])c8c8c([2H])c([2H])c([2H])c(-c9c([2H])c([2H])c([2H])c([2H])c9[2H])c87)c6c5c([2H])c([2H])c3n4-c3c([2H])c([2H])c([2H])c([2H])c3[2H])n2)c([2H])c1[2H]. The summed E-state index contributed by atoms with van der Waals surface area (Å²) < 4.78 is 320. The lowest BCUT2D eigenvalue weighted by atomic mass is 10.0. The van der Waals surface area contributed by atoms with Crippen LogP contribution >= 0.6 is 11.3 Å². The van der Waals surface area contributed by atoms with E-state index in [0.29, 0.717) is 11.3 Å². The molecule has 13 aromatic rings. The number of hydrogen-bond donors (Lipinski definition) is 0. The first-order valence-electron chi connectivity index (χ1n) is 35.8. The van der Waals surface area contributed by atoms with Crippen molar-refractivity contribution in [3.05, 3.63) is 211 Å². The minimum absolute atomic E-state index is 0.386. The summed E-state index contributed by atoms with van der Waals surface area (Å²) in [5.74, 6) is -2.70. The maximum atomic E-state index is 10.4. The molecule has 4 heterocycles. The molecule has 0 fully saturated rings. The van der Waals surface area contributed by atoms with E-state index in [1.807, 2.05) is 0 Å². The van der Waals surface area contributed by atoms with Crippen LogP contribution in [0.3, 0.4) is 0 Å². The Morgan fingerprint density at radius 1 is 0.381 bits per heavy atom. The highest BCUT2D eigenvalue weighted by atomic mass is 32.1. The molecule has 0 N–H and O–H groups in total. The number of rotatable bonds is 6. The lowest BCUT2D eigenvalue weighted by molar-refractivity contribution is 1.07. The van der Waals surface area contributed by atoms with E-state index in [1.165, 1.54) is 0 Å². The van der Waals surface area contributed by atoms with Crippen molar-refractivity contribution >= 4 is 75.1 Å². The van der Waals surface area contributed by atoms with Gasteiger partial charge in [0, 0.05) is 69.7 Å². The Labute approximate surface area is 415 Å². The Kier molecular flexibility index (Phi) is 3.45. The first-order valence-corrected chi connectivity index (χ1v) is 19.2. The summed E-state index contributed by atoms with van der Waals surface area (Å²) in [6.07, 6.45) is 0. The Bertz CT molecular complexity index is 5810. The van der Waals surface area contributed by atoms with Crippen molar-refractivity contribution in [3.8, 4) is 56.7 Å². The molecule has 4 aromatic heterocycles. The second kappa shape index (κ2) is 14.2. The highest BCUT2D eigenvalue weighted by Crippen LogP contribution is 2.47. The Morgan fingerprint density at radius 2 is 0.952 bits per heavy atom. The molecule has 63 heavy (non-hydrogen) atoms. The summed E-state index contributed by atoms with van der Waals surface area (Å²) >= 11 is 0.471. The van der Waals surface area contributed by atoms with Crippen molar-refractivity contribution in [2.24, 2.45) is 0 Å². The maximum absolute atomic E-state index is 10.4. The van der Waals surface area contributed by atoms with Crippen molar-refractivity contribution in [2.45, 2.75) is 0 Å². The van der Waals surface area contributed by atoms with Crippen LogP contribution < -0.4 is 0 Å². The number of benzene rings is 9. The Balaban J connectivity index is 1.30. The topological polar surface area (TPSA) is 48.5 Å². The van der Waals surface area contributed by atoms with Crippen molar-refractivity contribution in [1.29, 1.82) is 0 Å². The van der Waals surface area contributed by atoms with Gasteiger partial charge in [0.2, 0.25) is 0 Å². The minimum Gasteiger partial charge on any atom is -0.309 e. The first kappa shape index (κ1) is 15.3. The van der Waals surface area contributed by atoms with Crippen molar-refractivity contribution < 1.29 is 48.0 Å². The number of thiophene rings is 1. The molecule has 0 bridgehead atoms. The molecule has 294 valence electrons. The second-order valence-corrected chi connectivity index (χ2v) is 14.3. The van der Waals surface area contributed by atoms with Gasteiger partial charge in [0.05, 0.1) is 75.7 Å². The smallest absolute Gasteiger partial charge is 0.164 e. The van der Waals surface area contributed by atoms with Gasteiger partial charge < -0.3 is 9.13 Å². The molecule has 9 aromatic carbocycles. The van der Waals surface area contributed by atoms with Crippen LogP contribution in [0.15, 0.2) is 211 Å². The monoisotopic (exact) mass is 856 g/mol. The molecule has 0 spiro atoms. The van der Waals surface area contributed by atoms with Gasteiger partial charge in [-0.05, 0) is 59.9 Å². The molecular formula is C57H35N5S. The van der Waals surface area contributed by atoms with Gasteiger partial charge in [0.15, 0.2) is 17.5 Å². The molecule has 0 unspecified atom stereocenters. The van der Waals surface area contributed by atoms with Gasteiger partial charge in [-0.1, -0.05) is 157 Å². The van der Waals surface area contributed by atoms with E-state index in [4.69, 9.17) is 28.8 Å². The Morgan fingerprint density at radius 3 is 1.67 bits per heavy atom. The summed E-state index contributed by atoms with van der Waals surface area (Å²) in [6.45, 7) is 0. The molecule has 0 aliphatic heterocycles. The van der Waals surface area contributed by atoms with Crippen molar-refractivity contribution in [1.82, 2.24) is 24.1 Å². The van der Waals surface area contributed by atoms with Crippen LogP contribution in [0.1, 0.15) is 48.0 Å². The van der Waals surface area contributed by atoms with Crippen LogP contribution in [0.25, 0.3) is 120 Å². The predicted molar refractivity (Wildman–Crippen MR) is 263 cm³/mol.